The van der Waals surface area contributed by atoms with Gasteiger partial charge in [-0.1, -0.05) is 19.9 Å². The van der Waals surface area contributed by atoms with Gasteiger partial charge in [0.1, 0.15) is 5.75 Å². The van der Waals surface area contributed by atoms with Crippen molar-refractivity contribution in [3.05, 3.63) is 75.2 Å². The van der Waals surface area contributed by atoms with Crippen LogP contribution in [0.4, 0.5) is 11.4 Å². The molecule has 0 bridgehead atoms. The van der Waals surface area contributed by atoms with Gasteiger partial charge in [-0.25, -0.2) is 4.68 Å². The van der Waals surface area contributed by atoms with Crippen molar-refractivity contribution in [3.8, 4) is 11.5 Å². The monoisotopic (exact) mass is 434 g/mol. The molecule has 0 radical (unpaired) electrons. The molecule has 0 unspecified atom stereocenters. The van der Waals surface area contributed by atoms with Crippen LogP contribution < -0.4 is 20.9 Å². The van der Waals surface area contributed by atoms with Gasteiger partial charge in [-0.2, -0.15) is 5.10 Å². The van der Waals surface area contributed by atoms with E-state index in [1.165, 1.54) is 10.9 Å². The van der Waals surface area contributed by atoms with Crippen LogP contribution in [0.2, 0.25) is 0 Å². The van der Waals surface area contributed by atoms with E-state index in [9.17, 15) is 9.59 Å². The molecular weight excluding hydrogens is 404 g/mol. The van der Waals surface area contributed by atoms with Crippen LogP contribution in [0.1, 0.15) is 40.9 Å². The maximum absolute atomic E-state index is 12.8. The Kier molecular flexibility index (Phi) is 6.98. The Bertz CT molecular complexity index is 1180. The first kappa shape index (κ1) is 23.1. The summed E-state index contributed by atoms with van der Waals surface area (Å²) < 4.78 is 7.37. The van der Waals surface area contributed by atoms with Gasteiger partial charge in [0.15, 0.2) is 11.4 Å². The topological polar surface area (TPSA) is 85.2 Å². The SMILES string of the molecule is Cc1cc(C)c(C)c(Oc2cnn(C)c(=O)c2Nc2ccc(C(=O)NCC(C)C)cc2)c1. The molecule has 0 saturated heterocycles. The van der Waals surface area contributed by atoms with Gasteiger partial charge in [-0.15, -0.1) is 0 Å². The first-order valence-corrected chi connectivity index (χ1v) is 10.6. The highest BCUT2D eigenvalue weighted by Gasteiger charge is 2.15. The lowest BCUT2D eigenvalue weighted by atomic mass is 10.1. The number of carbonyl (C=O) groups is 1. The van der Waals surface area contributed by atoms with Gasteiger partial charge in [-0.3, -0.25) is 9.59 Å². The molecule has 2 N–H and O–H groups in total. The fourth-order valence-corrected chi connectivity index (χ4v) is 3.19. The minimum Gasteiger partial charge on any atom is -0.453 e. The number of hydrogen-bond donors (Lipinski definition) is 2. The third kappa shape index (κ3) is 5.35. The lowest BCUT2D eigenvalue weighted by Gasteiger charge is -2.16. The number of hydrogen-bond acceptors (Lipinski definition) is 5. The maximum Gasteiger partial charge on any atom is 0.294 e. The highest BCUT2D eigenvalue weighted by atomic mass is 16.5. The molecule has 0 spiro atoms. The van der Waals surface area contributed by atoms with Gasteiger partial charge in [0.05, 0.1) is 6.20 Å². The van der Waals surface area contributed by atoms with Gasteiger partial charge in [-0.05, 0) is 73.7 Å². The van der Waals surface area contributed by atoms with Crippen molar-refractivity contribution < 1.29 is 9.53 Å². The number of aryl methyl sites for hydroxylation is 3. The third-order valence-corrected chi connectivity index (χ3v) is 5.17. The summed E-state index contributed by atoms with van der Waals surface area (Å²) in [6.07, 6.45) is 1.52. The summed E-state index contributed by atoms with van der Waals surface area (Å²) in [4.78, 5) is 25.1. The fraction of sp³-hybridized carbons (Fsp3) is 0.320. The summed E-state index contributed by atoms with van der Waals surface area (Å²) in [7, 11) is 1.58. The predicted octanol–water partition coefficient (Wildman–Crippen LogP) is 4.63. The van der Waals surface area contributed by atoms with E-state index in [4.69, 9.17) is 4.74 Å². The van der Waals surface area contributed by atoms with Crippen molar-refractivity contribution in [2.45, 2.75) is 34.6 Å². The van der Waals surface area contributed by atoms with Crippen molar-refractivity contribution in [1.82, 2.24) is 15.1 Å². The molecule has 2 aromatic carbocycles. The largest absolute Gasteiger partial charge is 0.453 e. The smallest absolute Gasteiger partial charge is 0.294 e. The van der Waals surface area contributed by atoms with E-state index in [1.54, 1.807) is 31.3 Å². The van der Waals surface area contributed by atoms with Crippen molar-refractivity contribution in [1.29, 1.82) is 0 Å². The summed E-state index contributed by atoms with van der Waals surface area (Å²) in [5.74, 6) is 1.26. The standard InChI is InChI=1S/C25H30N4O3/c1-15(2)13-26-24(30)19-7-9-20(10-8-19)28-23-22(14-27-29(6)25(23)31)32-21-12-16(3)11-17(4)18(21)5/h7-12,14-15,28H,13H2,1-6H3,(H,26,30). The Hall–Kier alpha value is -3.61. The molecule has 0 aliphatic heterocycles. The Morgan fingerprint density at radius 1 is 1.09 bits per heavy atom. The second kappa shape index (κ2) is 9.68. The highest BCUT2D eigenvalue weighted by molar-refractivity contribution is 5.94. The van der Waals surface area contributed by atoms with Crippen molar-refractivity contribution in [2.75, 3.05) is 11.9 Å². The number of aromatic nitrogens is 2. The number of ether oxygens (including phenoxy) is 1. The normalized spacial score (nSPS) is 10.8. The quantitative estimate of drug-likeness (QED) is 0.566. The zero-order chi connectivity index (χ0) is 23.4. The average molecular weight is 435 g/mol. The molecular formula is C25H30N4O3. The summed E-state index contributed by atoms with van der Waals surface area (Å²) in [5.41, 5.74) is 4.36. The molecule has 7 nitrogen and oxygen atoms in total. The molecule has 1 heterocycles. The van der Waals surface area contributed by atoms with Crippen LogP contribution in [0.25, 0.3) is 0 Å². The molecule has 0 saturated carbocycles. The van der Waals surface area contributed by atoms with Crippen molar-refractivity contribution in [3.63, 3.8) is 0 Å². The molecule has 3 aromatic rings. The number of rotatable bonds is 7. The van der Waals surface area contributed by atoms with E-state index >= 15 is 0 Å². The molecule has 1 amide bonds. The van der Waals surface area contributed by atoms with Crippen LogP contribution in [-0.2, 0) is 7.05 Å². The Labute approximate surface area is 188 Å². The zero-order valence-electron chi connectivity index (χ0n) is 19.4. The van der Waals surface area contributed by atoms with E-state index in [0.29, 0.717) is 35.2 Å². The van der Waals surface area contributed by atoms with Gasteiger partial charge in [0.2, 0.25) is 0 Å². The number of anilines is 2. The van der Waals surface area contributed by atoms with Crippen molar-refractivity contribution >= 4 is 17.3 Å². The lowest BCUT2D eigenvalue weighted by Crippen LogP contribution is -2.27. The van der Waals surface area contributed by atoms with Crippen molar-refractivity contribution in [2.24, 2.45) is 13.0 Å². The fourth-order valence-electron chi connectivity index (χ4n) is 3.19. The second-order valence-electron chi connectivity index (χ2n) is 8.43. The van der Waals surface area contributed by atoms with Gasteiger partial charge in [0.25, 0.3) is 11.5 Å². The first-order chi connectivity index (χ1) is 15.2. The van der Waals surface area contributed by atoms with Crippen LogP contribution in [0.15, 0.2) is 47.4 Å². The Balaban J connectivity index is 1.88. The zero-order valence-corrected chi connectivity index (χ0v) is 19.4. The number of nitrogens with one attached hydrogen (secondary N) is 2. The molecule has 0 atom stereocenters. The Morgan fingerprint density at radius 3 is 2.44 bits per heavy atom. The summed E-state index contributed by atoms with van der Waals surface area (Å²) >= 11 is 0. The molecule has 3 rings (SSSR count). The Morgan fingerprint density at radius 2 is 1.78 bits per heavy atom. The first-order valence-electron chi connectivity index (χ1n) is 10.6. The second-order valence-corrected chi connectivity index (χ2v) is 8.43. The van der Waals surface area contributed by atoms with Crippen LogP contribution in [0.5, 0.6) is 11.5 Å². The van der Waals surface area contributed by atoms with Crippen LogP contribution in [0.3, 0.4) is 0 Å². The van der Waals surface area contributed by atoms with E-state index in [1.807, 2.05) is 40.7 Å². The van der Waals surface area contributed by atoms with Crippen LogP contribution in [0, 0.1) is 26.7 Å². The third-order valence-electron chi connectivity index (χ3n) is 5.17. The highest BCUT2D eigenvalue weighted by Crippen LogP contribution is 2.32. The maximum atomic E-state index is 12.8. The summed E-state index contributed by atoms with van der Waals surface area (Å²) in [6.45, 7) is 10.7. The molecule has 168 valence electrons. The molecule has 0 aliphatic carbocycles. The molecule has 32 heavy (non-hydrogen) atoms. The molecule has 0 fully saturated rings. The number of benzene rings is 2. The van der Waals surface area contributed by atoms with Gasteiger partial charge < -0.3 is 15.4 Å². The number of nitrogens with zero attached hydrogens (tertiary/aromatic N) is 2. The van der Waals surface area contributed by atoms with E-state index in [0.717, 1.165) is 16.7 Å². The molecule has 7 heteroatoms. The van der Waals surface area contributed by atoms with Gasteiger partial charge >= 0.3 is 0 Å². The molecule has 1 aromatic heterocycles. The minimum atomic E-state index is -0.316. The average Bonchev–Trinajstić information content (AvgIpc) is 2.75. The van der Waals surface area contributed by atoms with Crippen LogP contribution in [-0.4, -0.2) is 22.2 Å². The van der Waals surface area contributed by atoms with Crippen LogP contribution >= 0.6 is 0 Å². The summed E-state index contributed by atoms with van der Waals surface area (Å²) in [6, 6.07) is 11.0. The summed E-state index contributed by atoms with van der Waals surface area (Å²) in [5, 5.41) is 10.1. The van der Waals surface area contributed by atoms with E-state index < -0.39 is 0 Å². The van der Waals surface area contributed by atoms with E-state index in [2.05, 4.69) is 21.8 Å². The number of carbonyl (C=O) groups excluding carboxylic acids is 1. The van der Waals surface area contributed by atoms with E-state index in [-0.39, 0.29) is 17.2 Å². The lowest BCUT2D eigenvalue weighted by molar-refractivity contribution is 0.0949. The van der Waals surface area contributed by atoms with Gasteiger partial charge in [0, 0.05) is 24.8 Å². The predicted molar refractivity (Wildman–Crippen MR) is 127 cm³/mol. The minimum absolute atomic E-state index is 0.126. The molecule has 0 aliphatic rings. The number of amides is 1.